The lowest BCUT2D eigenvalue weighted by atomic mass is 10.2. The third-order valence-corrected chi connectivity index (χ3v) is 6.54. The Morgan fingerprint density at radius 3 is 2.36 bits per heavy atom. The lowest BCUT2D eigenvalue weighted by molar-refractivity contribution is 0.102. The van der Waals surface area contributed by atoms with Crippen molar-refractivity contribution in [1.29, 1.82) is 0 Å². The van der Waals surface area contributed by atoms with Crippen molar-refractivity contribution in [3.63, 3.8) is 0 Å². The molecule has 25 heavy (non-hydrogen) atoms. The van der Waals surface area contributed by atoms with Gasteiger partial charge in [0.25, 0.3) is 5.91 Å². The van der Waals surface area contributed by atoms with Crippen molar-refractivity contribution in [2.45, 2.75) is 24.2 Å². The third kappa shape index (κ3) is 4.03. The van der Waals surface area contributed by atoms with E-state index in [1.54, 1.807) is 30.3 Å². The quantitative estimate of drug-likeness (QED) is 0.880. The fourth-order valence-electron chi connectivity index (χ4n) is 2.82. The molecule has 1 saturated heterocycles. The summed E-state index contributed by atoms with van der Waals surface area (Å²) in [4.78, 5) is 12.3. The van der Waals surface area contributed by atoms with Crippen LogP contribution < -0.4 is 5.32 Å². The summed E-state index contributed by atoms with van der Waals surface area (Å²) in [6, 6.07) is 13.3. The van der Waals surface area contributed by atoms with Crippen molar-refractivity contribution in [2.75, 3.05) is 18.4 Å². The Morgan fingerprint density at radius 2 is 1.68 bits per heavy atom. The van der Waals surface area contributed by atoms with Gasteiger partial charge in [0.15, 0.2) is 0 Å². The van der Waals surface area contributed by atoms with E-state index in [0.29, 0.717) is 24.3 Å². The molecule has 132 valence electrons. The normalized spacial score (nSPS) is 15.7. The number of sulfonamides is 1. The summed E-state index contributed by atoms with van der Waals surface area (Å²) in [6.45, 7) is 0.999. The zero-order chi connectivity index (χ0) is 17.9. The smallest absolute Gasteiger partial charge is 0.255 e. The van der Waals surface area contributed by atoms with Crippen LogP contribution >= 0.6 is 11.6 Å². The van der Waals surface area contributed by atoms with Crippen LogP contribution in [-0.4, -0.2) is 31.7 Å². The number of halogens is 1. The number of nitrogens with one attached hydrogen (secondary N) is 1. The minimum Gasteiger partial charge on any atom is -0.322 e. The van der Waals surface area contributed by atoms with E-state index in [0.717, 1.165) is 19.3 Å². The van der Waals surface area contributed by atoms with Crippen LogP contribution in [0.4, 0.5) is 5.69 Å². The summed E-state index contributed by atoms with van der Waals surface area (Å²) >= 11 is 6.13. The van der Waals surface area contributed by atoms with E-state index in [4.69, 9.17) is 11.6 Å². The highest BCUT2D eigenvalue weighted by Gasteiger charge is 2.28. The van der Waals surface area contributed by atoms with Crippen LogP contribution in [0.15, 0.2) is 53.4 Å². The number of carbonyl (C=O) groups excluding carboxylic acids is 1. The average Bonchev–Trinajstić information content (AvgIpc) is 2.64. The number of benzene rings is 2. The van der Waals surface area contributed by atoms with Crippen LogP contribution in [0.1, 0.15) is 29.6 Å². The van der Waals surface area contributed by atoms with Gasteiger partial charge < -0.3 is 5.32 Å². The maximum absolute atomic E-state index is 12.8. The summed E-state index contributed by atoms with van der Waals surface area (Å²) in [5.74, 6) is -0.302. The molecule has 0 bridgehead atoms. The van der Waals surface area contributed by atoms with Crippen LogP contribution in [0, 0.1) is 0 Å². The van der Waals surface area contributed by atoms with Gasteiger partial charge in [0.2, 0.25) is 10.0 Å². The van der Waals surface area contributed by atoms with Gasteiger partial charge in [-0.25, -0.2) is 8.42 Å². The number of rotatable bonds is 4. The van der Waals surface area contributed by atoms with Crippen LogP contribution in [0.2, 0.25) is 5.02 Å². The standard InChI is InChI=1S/C18H19ClN2O3S/c19-16-10-9-15(20-18(22)14-7-3-1-4-8-14)13-17(16)25(23,24)21-11-5-2-6-12-21/h1,3-4,7-10,13H,2,5-6,11-12H2,(H,20,22). The van der Waals surface area contributed by atoms with Gasteiger partial charge in [-0.3, -0.25) is 4.79 Å². The fraction of sp³-hybridized carbons (Fsp3) is 0.278. The van der Waals surface area contributed by atoms with Crippen LogP contribution in [0.25, 0.3) is 0 Å². The monoisotopic (exact) mass is 378 g/mol. The number of carbonyl (C=O) groups is 1. The highest BCUT2D eigenvalue weighted by molar-refractivity contribution is 7.89. The molecular formula is C18H19ClN2O3S. The van der Waals surface area contributed by atoms with Crippen molar-refractivity contribution >= 4 is 33.2 Å². The van der Waals surface area contributed by atoms with E-state index in [-0.39, 0.29) is 15.8 Å². The van der Waals surface area contributed by atoms with E-state index in [2.05, 4.69) is 5.32 Å². The summed E-state index contributed by atoms with van der Waals surface area (Å²) in [6.07, 6.45) is 2.73. The topological polar surface area (TPSA) is 66.5 Å². The Balaban J connectivity index is 1.86. The molecule has 2 aromatic rings. The molecule has 1 N–H and O–H groups in total. The highest BCUT2D eigenvalue weighted by Crippen LogP contribution is 2.29. The molecule has 5 nitrogen and oxygen atoms in total. The van der Waals surface area contributed by atoms with Crippen molar-refractivity contribution in [1.82, 2.24) is 4.31 Å². The maximum atomic E-state index is 12.8. The van der Waals surface area contributed by atoms with Crippen LogP contribution in [-0.2, 0) is 10.0 Å². The first-order valence-corrected chi connectivity index (χ1v) is 9.96. The molecule has 0 radical (unpaired) electrons. The van der Waals surface area contributed by atoms with E-state index in [1.165, 1.54) is 16.4 Å². The predicted octanol–water partition coefficient (Wildman–Crippen LogP) is 3.77. The first-order chi connectivity index (χ1) is 12.0. The number of amides is 1. The SMILES string of the molecule is O=C(Nc1ccc(Cl)c(S(=O)(=O)N2CCCCC2)c1)c1ccccc1. The summed E-state index contributed by atoms with van der Waals surface area (Å²) in [5, 5.41) is 2.88. The van der Waals surface area contributed by atoms with Gasteiger partial charge in [0.1, 0.15) is 4.90 Å². The van der Waals surface area contributed by atoms with Crippen LogP contribution in [0.3, 0.4) is 0 Å². The van der Waals surface area contributed by atoms with Gasteiger partial charge in [-0.2, -0.15) is 4.31 Å². The molecular weight excluding hydrogens is 360 g/mol. The first-order valence-electron chi connectivity index (χ1n) is 8.14. The molecule has 0 aromatic heterocycles. The Morgan fingerprint density at radius 1 is 1.00 bits per heavy atom. The summed E-state index contributed by atoms with van der Waals surface area (Å²) in [7, 11) is -3.67. The van der Waals surface area contributed by atoms with Gasteiger partial charge in [0.05, 0.1) is 5.02 Å². The minimum atomic E-state index is -3.67. The molecule has 0 spiro atoms. The van der Waals surface area contributed by atoms with Crippen LogP contribution in [0.5, 0.6) is 0 Å². The number of nitrogens with zero attached hydrogens (tertiary/aromatic N) is 1. The number of anilines is 1. The molecule has 1 fully saturated rings. The van der Waals surface area contributed by atoms with Gasteiger partial charge in [-0.1, -0.05) is 36.2 Å². The highest BCUT2D eigenvalue weighted by atomic mass is 35.5. The Hall–Kier alpha value is -1.89. The summed E-state index contributed by atoms with van der Waals surface area (Å²) < 4.78 is 27.1. The Bertz CT molecular complexity index is 863. The lowest BCUT2D eigenvalue weighted by Crippen LogP contribution is -2.35. The Labute approximate surface area is 152 Å². The van der Waals surface area contributed by atoms with E-state index >= 15 is 0 Å². The molecule has 0 aliphatic carbocycles. The second-order valence-electron chi connectivity index (χ2n) is 5.93. The average molecular weight is 379 g/mol. The van der Waals surface area contributed by atoms with Crippen molar-refractivity contribution < 1.29 is 13.2 Å². The van der Waals surface area contributed by atoms with Gasteiger partial charge >= 0.3 is 0 Å². The zero-order valence-electron chi connectivity index (χ0n) is 13.6. The van der Waals surface area contributed by atoms with Gasteiger partial charge in [-0.15, -0.1) is 0 Å². The second-order valence-corrected chi connectivity index (χ2v) is 8.24. The number of hydrogen-bond acceptors (Lipinski definition) is 3. The van der Waals surface area contributed by atoms with E-state index in [1.807, 2.05) is 6.07 Å². The van der Waals surface area contributed by atoms with E-state index < -0.39 is 10.0 Å². The maximum Gasteiger partial charge on any atom is 0.255 e. The van der Waals surface area contributed by atoms with Gasteiger partial charge in [-0.05, 0) is 43.2 Å². The lowest BCUT2D eigenvalue weighted by Gasteiger charge is -2.26. The van der Waals surface area contributed by atoms with Crippen molar-refractivity contribution in [3.05, 3.63) is 59.1 Å². The predicted molar refractivity (Wildman–Crippen MR) is 98.5 cm³/mol. The van der Waals surface area contributed by atoms with Gasteiger partial charge in [0, 0.05) is 24.3 Å². The number of piperidine rings is 1. The van der Waals surface area contributed by atoms with Crippen molar-refractivity contribution in [3.8, 4) is 0 Å². The molecule has 0 atom stereocenters. The second kappa shape index (κ2) is 7.56. The summed E-state index contributed by atoms with van der Waals surface area (Å²) in [5.41, 5.74) is 0.895. The first kappa shape index (κ1) is 17.9. The molecule has 1 heterocycles. The molecule has 7 heteroatoms. The molecule has 1 aliphatic rings. The fourth-order valence-corrected chi connectivity index (χ4v) is 4.83. The molecule has 1 amide bonds. The van der Waals surface area contributed by atoms with Crippen molar-refractivity contribution in [2.24, 2.45) is 0 Å². The molecule has 0 saturated carbocycles. The van der Waals surface area contributed by atoms with E-state index in [9.17, 15) is 13.2 Å². The molecule has 2 aromatic carbocycles. The molecule has 3 rings (SSSR count). The molecule has 0 unspecified atom stereocenters. The molecule has 1 aliphatic heterocycles. The zero-order valence-corrected chi connectivity index (χ0v) is 15.2. The Kier molecular flexibility index (Phi) is 5.42. The minimum absolute atomic E-state index is 0.0296. The largest absolute Gasteiger partial charge is 0.322 e. The number of hydrogen-bond donors (Lipinski definition) is 1. The third-order valence-electron chi connectivity index (χ3n) is 4.16.